The zero-order valence-corrected chi connectivity index (χ0v) is 12.9. The Kier molecular flexibility index (Phi) is 4.77. The third-order valence-electron chi connectivity index (χ3n) is 5.38. The van der Waals surface area contributed by atoms with Crippen LogP contribution in [0.4, 0.5) is 0 Å². The first-order valence-corrected chi connectivity index (χ1v) is 8.69. The molecule has 1 aromatic rings. The smallest absolute Gasteiger partial charge is 0.0139 e. The predicted molar refractivity (Wildman–Crippen MR) is 86.2 cm³/mol. The van der Waals surface area contributed by atoms with Gasteiger partial charge in [0.15, 0.2) is 0 Å². The molecule has 2 unspecified atom stereocenters. The summed E-state index contributed by atoms with van der Waals surface area (Å²) in [7, 11) is 0. The van der Waals surface area contributed by atoms with Gasteiger partial charge in [0, 0.05) is 6.04 Å². The lowest BCUT2D eigenvalue weighted by atomic mass is 9.86. The van der Waals surface area contributed by atoms with Crippen LogP contribution in [-0.4, -0.2) is 12.6 Å². The van der Waals surface area contributed by atoms with Crippen molar-refractivity contribution < 1.29 is 0 Å². The fourth-order valence-electron chi connectivity index (χ4n) is 4.33. The molecule has 0 aliphatic heterocycles. The van der Waals surface area contributed by atoms with Crippen molar-refractivity contribution in [2.75, 3.05) is 6.54 Å². The highest BCUT2D eigenvalue weighted by atomic mass is 14.9. The monoisotopic (exact) mass is 271 g/mol. The molecule has 0 radical (unpaired) electrons. The highest BCUT2D eigenvalue weighted by molar-refractivity contribution is 5.36. The Labute approximate surface area is 124 Å². The predicted octanol–water partition coefficient (Wildman–Crippen LogP) is 4.66. The topological polar surface area (TPSA) is 12.0 Å². The van der Waals surface area contributed by atoms with Crippen molar-refractivity contribution in [1.82, 2.24) is 5.32 Å². The maximum absolute atomic E-state index is 3.88. The summed E-state index contributed by atoms with van der Waals surface area (Å²) < 4.78 is 0. The molecule has 0 bridgehead atoms. The van der Waals surface area contributed by atoms with Crippen LogP contribution in [0.3, 0.4) is 0 Å². The largest absolute Gasteiger partial charge is 0.313 e. The van der Waals surface area contributed by atoms with Crippen molar-refractivity contribution >= 4 is 0 Å². The molecule has 0 aromatic heterocycles. The van der Waals surface area contributed by atoms with Gasteiger partial charge in [0.05, 0.1) is 0 Å². The quantitative estimate of drug-likeness (QED) is 0.793. The lowest BCUT2D eigenvalue weighted by molar-refractivity contribution is 0.341. The average Bonchev–Trinajstić information content (AvgIpc) is 3.12. The van der Waals surface area contributed by atoms with E-state index in [1.54, 1.807) is 11.1 Å². The molecule has 0 spiro atoms. The first-order valence-electron chi connectivity index (χ1n) is 8.69. The molecular formula is C19H29N. The maximum Gasteiger partial charge on any atom is 0.0139 e. The van der Waals surface area contributed by atoms with Gasteiger partial charge < -0.3 is 5.32 Å². The zero-order valence-electron chi connectivity index (χ0n) is 12.9. The lowest BCUT2D eigenvalue weighted by Gasteiger charge is -2.28. The Morgan fingerprint density at radius 1 is 1.15 bits per heavy atom. The highest BCUT2D eigenvalue weighted by Crippen LogP contribution is 2.39. The summed E-state index contributed by atoms with van der Waals surface area (Å²) in [6, 6.07) is 9.85. The van der Waals surface area contributed by atoms with Gasteiger partial charge in [-0.05, 0) is 55.2 Å². The van der Waals surface area contributed by atoms with Gasteiger partial charge in [0.2, 0.25) is 0 Å². The molecule has 20 heavy (non-hydrogen) atoms. The van der Waals surface area contributed by atoms with Gasteiger partial charge >= 0.3 is 0 Å². The molecule has 0 amide bonds. The van der Waals surface area contributed by atoms with Crippen molar-refractivity contribution in [3.8, 4) is 0 Å². The number of aryl methyl sites for hydroxylation is 1. The second-order valence-electron chi connectivity index (χ2n) is 6.79. The van der Waals surface area contributed by atoms with Crippen molar-refractivity contribution in [3.63, 3.8) is 0 Å². The van der Waals surface area contributed by atoms with E-state index in [4.69, 9.17) is 0 Å². The van der Waals surface area contributed by atoms with Crippen LogP contribution in [0.25, 0.3) is 0 Å². The van der Waals surface area contributed by atoms with Gasteiger partial charge in [-0.15, -0.1) is 0 Å². The summed E-state index contributed by atoms with van der Waals surface area (Å²) in [4.78, 5) is 0. The fraction of sp³-hybridized carbons (Fsp3) is 0.684. The van der Waals surface area contributed by atoms with Crippen LogP contribution in [0.15, 0.2) is 24.3 Å². The van der Waals surface area contributed by atoms with Gasteiger partial charge in [0.1, 0.15) is 0 Å². The number of rotatable bonds is 6. The van der Waals surface area contributed by atoms with Crippen molar-refractivity contribution in [2.45, 2.75) is 70.3 Å². The van der Waals surface area contributed by atoms with E-state index in [0.717, 1.165) is 11.8 Å². The van der Waals surface area contributed by atoms with E-state index in [1.807, 2.05) is 0 Å². The molecule has 3 rings (SSSR count). The molecule has 2 aliphatic carbocycles. The Morgan fingerprint density at radius 3 is 2.75 bits per heavy atom. The molecule has 0 saturated heterocycles. The maximum atomic E-state index is 3.88. The number of hydrogen-bond acceptors (Lipinski definition) is 1. The lowest BCUT2D eigenvalue weighted by Crippen LogP contribution is -2.36. The van der Waals surface area contributed by atoms with Crippen LogP contribution in [-0.2, 0) is 6.42 Å². The zero-order chi connectivity index (χ0) is 13.8. The van der Waals surface area contributed by atoms with E-state index >= 15 is 0 Å². The van der Waals surface area contributed by atoms with Crippen LogP contribution in [0.2, 0.25) is 0 Å². The van der Waals surface area contributed by atoms with Crippen LogP contribution in [0.5, 0.6) is 0 Å². The third-order valence-corrected chi connectivity index (χ3v) is 5.38. The Hall–Kier alpha value is -0.820. The molecule has 1 fully saturated rings. The van der Waals surface area contributed by atoms with Crippen LogP contribution in [0, 0.1) is 5.92 Å². The Balaban J connectivity index is 1.71. The highest BCUT2D eigenvalue weighted by Gasteiger charge is 2.31. The van der Waals surface area contributed by atoms with Crippen LogP contribution in [0.1, 0.15) is 68.9 Å². The van der Waals surface area contributed by atoms with E-state index in [9.17, 15) is 0 Å². The molecule has 1 aromatic carbocycles. The molecule has 2 aliphatic rings. The number of nitrogens with one attached hydrogen (secondary N) is 1. The standard InChI is InChI=1S/C19H29N/c1-2-13-20-19(14-15-7-3-4-8-15)18-12-11-16-9-5-6-10-17(16)18/h5-6,9-10,15,18-20H,2-4,7-8,11-14H2,1H3. The summed E-state index contributed by atoms with van der Waals surface area (Å²) in [5, 5.41) is 3.88. The van der Waals surface area contributed by atoms with Crippen LogP contribution < -0.4 is 5.32 Å². The van der Waals surface area contributed by atoms with Gasteiger partial charge in [-0.3, -0.25) is 0 Å². The van der Waals surface area contributed by atoms with Gasteiger partial charge in [-0.2, -0.15) is 0 Å². The van der Waals surface area contributed by atoms with Crippen molar-refractivity contribution in [2.24, 2.45) is 5.92 Å². The number of hydrogen-bond donors (Lipinski definition) is 1. The van der Waals surface area contributed by atoms with Crippen LogP contribution >= 0.6 is 0 Å². The second kappa shape index (κ2) is 6.76. The number of fused-ring (bicyclic) bond motifs is 1. The molecule has 1 heteroatoms. The molecule has 2 atom stereocenters. The average molecular weight is 271 g/mol. The normalized spacial score (nSPS) is 23.9. The van der Waals surface area contributed by atoms with E-state index in [2.05, 4.69) is 36.5 Å². The summed E-state index contributed by atoms with van der Waals surface area (Å²) >= 11 is 0. The van der Waals surface area contributed by atoms with E-state index < -0.39 is 0 Å². The van der Waals surface area contributed by atoms with Gasteiger partial charge in [0.25, 0.3) is 0 Å². The minimum absolute atomic E-state index is 0.710. The van der Waals surface area contributed by atoms with E-state index in [1.165, 1.54) is 57.9 Å². The summed E-state index contributed by atoms with van der Waals surface area (Å²) in [5.74, 6) is 1.75. The Bertz CT molecular complexity index is 420. The van der Waals surface area contributed by atoms with Gasteiger partial charge in [-0.25, -0.2) is 0 Å². The molecule has 110 valence electrons. The summed E-state index contributed by atoms with van der Waals surface area (Å²) in [5.41, 5.74) is 3.24. The molecule has 1 N–H and O–H groups in total. The molecular weight excluding hydrogens is 242 g/mol. The SMILES string of the molecule is CCCNC(CC1CCCC1)C1CCc2ccccc21. The molecule has 1 saturated carbocycles. The van der Waals surface area contributed by atoms with E-state index in [0.29, 0.717) is 6.04 Å². The minimum Gasteiger partial charge on any atom is -0.313 e. The Morgan fingerprint density at radius 2 is 1.95 bits per heavy atom. The fourth-order valence-corrected chi connectivity index (χ4v) is 4.33. The third kappa shape index (κ3) is 3.09. The second-order valence-corrected chi connectivity index (χ2v) is 6.79. The van der Waals surface area contributed by atoms with Crippen molar-refractivity contribution in [1.29, 1.82) is 0 Å². The first-order chi connectivity index (χ1) is 9.88. The molecule has 0 heterocycles. The van der Waals surface area contributed by atoms with Crippen molar-refractivity contribution in [3.05, 3.63) is 35.4 Å². The minimum atomic E-state index is 0.710. The summed E-state index contributed by atoms with van der Waals surface area (Å²) in [6.45, 7) is 3.46. The summed E-state index contributed by atoms with van der Waals surface area (Å²) in [6.07, 6.45) is 11.2. The van der Waals surface area contributed by atoms with E-state index in [-0.39, 0.29) is 0 Å². The van der Waals surface area contributed by atoms with Gasteiger partial charge in [-0.1, -0.05) is 56.9 Å². The molecule has 1 nitrogen and oxygen atoms in total. The number of benzene rings is 1. The first kappa shape index (κ1) is 14.1.